The number of rotatable bonds is 4. The van der Waals surface area contributed by atoms with E-state index < -0.39 is 5.82 Å². The van der Waals surface area contributed by atoms with E-state index in [2.05, 4.69) is 18.8 Å². The molecule has 0 bridgehead atoms. The summed E-state index contributed by atoms with van der Waals surface area (Å²) in [6, 6.07) is 1.39. The lowest BCUT2D eigenvalue weighted by molar-refractivity contribution is 0.00689. The maximum absolute atomic E-state index is 13.8. The molecular formula is C16H21FN2O3. The second-order valence-electron chi connectivity index (χ2n) is 6.35. The van der Waals surface area contributed by atoms with Crippen molar-refractivity contribution in [2.24, 2.45) is 11.8 Å². The van der Waals surface area contributed by atoms with Gasteiger partial charge >= 0.3 is 0 Å². The van der Waals surface area contributed by atoms with Crippen LogP contribution >= 0.6 is 0 Å². The summed E-state index contributed by atoms with van der Waals surface area (Å²) in [5.41, 5.74) is 0.0603. The Kier molecular flexibility index (Phi) is 4.40. The minimum Gasteiger partial charge on any atom is -0.379 e. The quantitative estimate of drug-likeness (QED) is 0.850. The summed E-state index contributed by atoms with van der Waals surface area (Å²) >= 11 is 0. The van der Waals surface area contributed by atoms with Crippen LogP contribution in [0, 0.1) is 17.7 Å². The highest BCUT2D eigenvalue weighted by atomic mass is 19.1. The smallest absolute Gasteiger partial charge is 0.257 e. The molecule has 120 valence electrons. The number of carbonyl (C=O) groups excluding carboxylic acids is 1. The number of hydrogen-bond donors (Lipinski definition) is 0. The van der Waals surface area contributed by atoms with E-state index in [4.69, 9.17) is 9.47 Å². The lowest BCUT2D eigenvalue weighted by atomic mass is 10.0. The fourth-order valence-electron chi connectivity index (χ4n) is 3.13. The summed E-state index contributed by atoms with van der Waals surface area (Å²) in [4.78, 5) is 18.0. The molecular weight excluding hydrogens is 287 g/mol. The maximum atomic E-state index is 13.8. The molecule has 2 aliphatic rings. The molecule has 5 nitrogen and oxygen atoms in total. The van der Waals surface area contributed by atoms with Crippen LogP contribution in [0.5, 0.6) is 0 Å². The third-order valence-electron chi connectivity index (χ3n) is 4.26. The predicted molar refractivity (Wildman–Crippen MR) is 77.9 cm³/mol. The minimum absolute atomic E-state index is 0.0303. The summed E-state index contributed by atoms with van der Waals surface area (Å²) in [6.07, 6.45) is 2.46. The van der Waals surface area contributed by atoms with E-state index in [1.165, 1.54) is 12.3 Å². The number of likely N-dealkylation sites (tertiary alicyclic amines) is 1. The van der Waals surface area contributed by atoms with Crippen LogP contribution in [0.3, 0.4) is 0 Å². The van der Waals surface area contributed by atoms with Gasteiger partial charge in [-0.25, -0.2) is 4.39 Å². The van der Waals surface area contributed by atoms with Gasteiger partial charge in [0.05, 0.1) is 37.1 Å². The molecule has 0 radical (unpaired) electrons. The molecule has 0 N–H and O–H groups in total. The zero-order chi connectivity index (χ0) is 15.7. The van der Waals surface area contributed by atoms with Crippen LogP contribution in [0.25, 0.3) is 0 Å². The first-order valence-electron chi connectivity index (χ1n) is 7.67. The highest BCUT2D eigenvalue weighted by Gasteiger charge is 2.48. The molecule has 0 saturated carbocycles. The Morgan fingerprint density at radius 3 is 3.09 bits per heavy atom. The first kappa shape index (κ1) is 15.4. The second-order valence-corrected chi connectivity index (χ2v) is 6.35. The lowest BCUT2D eigenvalue weighted by Crippen LogP contribution is -2.38. The molecule has 1 amide bonds. The van der Waals surface area contributed by atoms with Gasteiger partial charge in [-0.1, -0.05) is 13.8 Å². The Labute approximate surface area is 129 Å². The van der Waals surface area contributed by atoms with E-state index in [0.717, 1.165) is 6.20 Å². The molecule has 2 saturated heterocycles. The van der Waals surface area contributed by atoms with Crippen LogP contribution in [-0.4, -0.2) is 54.3 Å². The number of carbonyl (C=O) groups is 1. The van der Waals surface area contributed by atoms with Crippen molar-refractivity contribution in [3.8, 4) is 0 Å². The standard InChI is InChI=1S/C16H21FN2O3/c1-10(2)7-22-15-6-19(14-9-21-8-12(14)15)16(20)11-3-4-18-5-13(11)17/h3-5,10,12,14-15H,6-9H2,1-2H3/t12-,14+,15-/m0/s1. The van der Waals surface area contributed by atoms with E-state index >= 15 is 0 Å². The Hall–Kier alpha value is -1.53. The molecule has 1 aromatic rings. The van der Waals surface area contributed by atoms with Crippen molar-refractivity contribution in [2.75, 3.05) is 26.4 Å². The predicted octanol–water partition coefficient (Wildman–Crippen LogP) is 1.73. The summed E-state index contributed by atoms with van der Waals surface area (Å²) in [5.74, 6) is -0.290. The van der Waals surface area contributed by atoms with E-state index in [0.29, 0.717) is 32.3 Å². The van der Waals surface area contributed by atoms with Crippen LogP contribution in [0.4, 0.5) is 4.39 Å². The van der Waals surface area contributed by atoms with Gasteiger partial charge in [-0.05, 0) is 12.0 Å². The highest BCUT2D eigenvalue weighted by Crippen LogP contribution is 2.33. The van der Waals surface area contributed by atoms with Crippen molar-refractivity contribution in [3.63, 3.8) is 0 Å². The number of fused-ring (bicyclic) bond motifs is 1. The molecule has 2 aliphatic heterocycles. The minimum atomic E-state index is -0.588. The molecule has 2 fully saturated rings. The van der Waals surface area contributed by atoms with E-state index in [-0.39, 0.29) is 29.5 Å². The van der Waals surface area contributed by atoms with Crippen LogP contribution in [-0.2, 0) is 9.47 Å². The normalized spacial score (nSPS) is 27.5. The van der Waals surface area contributed by atoms with Gasteiger partial charge < -0.3 is 14.4 Å². The molecule has 1 aromatic heterocycles. The third-order valence-corrected chi connectivity index (χ3v) is 4.26. The zero-order valence-corrected chi connectivity index (χ0v) is 12.9. The molecule has 0 unspecified atom stereocenters. The number of ether oxygens (including phenoxy) is 2. The van der Waals surface area contributed by atoms with Crippen molar-refractivity contribution < 1.29 is 18.7 Å². The van der Waals surface area contributed by atoms with Gasteiger partial charge in [-0.3, -0.25) is 9.78 Å². The molecule has 0 aliphatic carbocycles. The SMILES string of the molecule is CC(C)CO[C@H]1CN(C(=O)c2ccncc2F)[C@@H]2COC[C@H]12. The lowest BCUT2D eigenvalue weighted by Gasteiger charge is -2.22. The molecule has 6 heteroatoms. The first-order valence-corrected chi connectivity index (χ1v) is 7.67. The van der Waals surface area contributed by atoms with Crippen molar-refractivity contribution in [3.05, 3.63) is 29.8 Å². The Morgan fingerprint density at radius 2 is 2.36 bits per heavy atom. The van der Waals surface area contributed by atoms with Gasteiger partial charge in [0.1, 0.15) is 0 Å². The van der Waals surface area contributed by atoms with Crippen LogP contribution < -0.4 is 0 Å². The number of pyridine rings is 1. The number of hydrogen-bond acceptors (Lipinski definition) is 4. The average molecular weight is 308 g/mol. The maximum Gasteiger partial charge on any atom is 0.257 e. The van der Waals surface area contributed by atoms with Crippen LogP contribution in [0.15, 0.2) is 18.5 Å². The average Bonchev–Trinajstić information content (AvgIpc) is 3.07. The number of aromatic nitrogens is 1. The van der Waals surface area contributed by atoms with Crippen LogP contribution in [0.1, 0.15) is 24.2 Å². The van der Waals surface area contributed by atoms with Crippen molar-refractivity contribution in [1.29, 1.82) is 0 Å². The van der Waals surface area contributed by atoms with Gasteiger partial charge in [-0.2, -0.15) is 0 Å². The molecule has 0 spiro atoms. The van der Waals surface area contributed by atoms with Crippen molar-refractivity contribution in [1.82, 2.24) is 9.88 Å². The van der Waals surface area contributed by atoms with Gasteiger partial charge in [0.2, 0.25) is 0 Å². The molecule has 3 rings (SSSR count). The summed E-state index contributed by atoms with van der Waals surface area (Å²) < 4.78 is 25.3. The van der Waals surface area contributed by atoms with Gasteiger partial charge in [0, 0.05) is 25.3 Å². The van der Waals surface area contributed by atoms with Crippen LogP contribution in [0.2, 0.25) is 0 Å². The monoisotopic (exact) mass is 308 g/mol. The Morgan fingerprint density at radius 1 is 1.55 bits per heavy atom. The first-order chi connectivity index (χ1) is 10.6. The largest absolute Gasteiger partial charge is 0.379 e. The van der Waals surface area contributed by atoms with Gasteiger partial charge in [-0.15, -0.1) is 0 Å². The number of amides is 1. The summed E-state index contributed by atoms with van der Waals surface area (Å²) in [6.45, 7) is 6.41. The number of halogens is 1. The summed E-state index contributed by atoms with van der Waals surface area (Å²) in [5, 5.41) is 0. The highest BCUT2D eigenvalue weighted by molar-refractivity contribution is 5.94. The fourth-order valence-corrected chi connectivity index (χ4v) is 3.13. The molecule has 22 heavy (non-hydrogen) atoms. The molecule has 3 heterocycles. The Balaban J connectivity index is 1.76. The van der Waals surface area contributed by atoms with Crippen molar-refractivity contribution >= 4 is 5.91 Å². The Bertz CT molecular complexity index is 552. The molecule has 0 aromatic carbocycles. The fraction of sp³-hybridized carbons (Fsp3) is 0.625. The van der Waals surface area contributed by atoms with E-state index in [1.54, 1.807) is 4.90 Å². The van der Waals surface area contributed by atoms with E-state index in [1.807, 2.05) is 0 Å². The summed E-state index contributed by atoms with van der Waals surface area (Å²) in [7, 11) is 0. The zero-order valence-electron chi connectivity index (χ0n) is 12.9. The van der Waals surface area contributed by atoms with Gasteiger partial charge in [0.15, 0.2) is 5.82 Å². The molecule has 3 atom stereocenters. The van der Waals surface area contributed by atoms with E-state index in [9.17, 15) is 9.18 Å². The van der Waals surface area contributed by atoms with Crippen molar-refractivity contribution in [2.45, 2.75) is 26.0 Å². The second kappa shape index (κ2) is 6.30. The topological polar surface area (TPSA) is 51.7 Å². The van der Waals surface area contributed by atoms with Gasteiger partial charge in [0.25, 0.3) is 5.91 Å². The third kappa shape index (κ3) is 2.85. The number of nitrogens with zero attached hydrogens (tertiary/aromatic N) is 2.